The van der Waals surface area contributed by atoms with Crippen molar-refractivity contribution in [3.63, 3.8) is 0 Å². The first-order valence-electron chi connectivity index (χ1n) is 9.56. The monoisotopic (exact) mass is 477 g/mol. The number of halogens is 5. The van der Waals surface area contributed by atoms with E-state index in [0.717, 1.165) is 28.7 Å². The van der Waals surface area contributed by atoms with Crippen LogP contribution in [-0.4, -0.2) is 19.2 Å². The van der Waals surface area contributed by atoms with Crippen molar-refractivity contribution in [3.8, 4) is 5.75 Å². The fraction of sp³-hybridized carbons (Fsp3) is 0.0870. The van der Waals surface area contributed by atoms with Gasteiger partial charge in [-0.2, -0.15) is 13.2 Å². The van der Waals surface area contributed by atoms with Crippen molar-refractivity contribution in [1.29, 1.82) is 0 Å². The number of carbonyl (C=O) groups is 1. The molecule has 4 rings (SSSR count). The maximum Gasteiger partial charge on any atom is 0.417 e. The Morgan fingerprint density at radius 3 is 2.55 bits per heavy atom. The van der Waals surface area contributed by atoms with E-state index in [1.165, 1.54) is 7.11 Å². The Balaban J connectivity index is 1.77. The van der Waals surface area contributed by atoms with Crippen LogP contribution >= 0.6 is 11.6 Å². The van der Waals surface area contributed by atoms with Crippen molar-refractivity contribution in [1.82, 2.24) is 5.43 Å². The maximum absolute atomic E-state index is 15.0. The zero-order chi connectivity index (χ0) is 23.8. The van der Waals surface area contributed by atoms with Gasteiger partial charge in [0.15, 0.2) is 11.6 Å². The molecule has 3 aromatic carbocycles. The largest absolute Gasteiger partial charge is 0.493 e. The number of allylic oxidation sites excluding steroid dienone is 2. The standard InChI is InChI=1S/C23H16ClF4N3O2/c1-33-21-17(24)11-18(25)20(31-10-9-14(12-29-31)23(26,27)28)19(21)30-22(32)16-8-4-6-13-5-2-3-7-15(13)16/h2-12,29H,1H3,(H,30,32). The van der Waals surface area contributed by atoms with E-state index in [1.807, 2.05) is 18.2 Å². The number of nitrogens with one attached hydrogen (secondary N) is 2. The van der Waals surface area contributed by atoms with Crippen LogP contribution in [0.15, 0.2) is 72.6 Å². The number of hydrogen-bond donors (Lipinski definition) is 2. The van der Waals surface area contributed by atoms with Crippen molar-refractivity contribution in [3.05, 3.63) is 89.0 Å². The SMILES string of the molecule is COc1c(Cl)cc(F)c(N2C=CC(C(F)(F)F)=CN2)c1NC(=O)c1cccc2ccccc12. The lowest BCUT2D eigenvalue weighted by atomic mass is 10.0. The summed E-state index contributed by atoms with van der Waals surface area (Å²) in [5.74, 6) is -1.53. The van der Waals surface area contributed by atoms with Gasteiger partial charge in [0, 0.05) is 18.0 Å². The minimum atomic E-state index is -4.59. The highest BCUT2D eigenvalue weighted by molar-refractivity contribution is 6.33. The second-order valence-corrected chi connectivity index (χ2v) is 7.40. The Hall–Kier alpha value is -3.72. The molecule has 0 atom stereocenters. The van der Waals surface area contributed by atoms with E-state index < -0.39 is 23.5 Å². The third kappa shape index (κ3) is 4.31. The Kier molecular flexibility index (Phi) is 5.90. The highest BCUT2D eigenvalue weighted by Crippen LogP contribution is 2.43. The molecule has 10 heteroatoms. The molecule has 0 fully saturated rings. The van der Waals surface area contributed by atoms with Crippen LogP contribution in [-0.2, 0) is 0 Å². The number of amides is 1. The zero-order valence-corrected chi connectivity index (χ0v) is 17.8. The van der Waals surface area contributed by atoms with Crippen LogP contribution in [0.3, 0.4) is 0 Å². The minimum Gasteiger partial charge on any atom is -0.493 e. The smallest absolute Gasteiger partial charge is 0.417 e. The molecule has 0 radical (unpaired) electrons. The molecule has 1 amide bonds. The van der Waals surface area contributed by atoms with E-state index in [-0.39, 0.29) is 22.1 Å². The van der Waals surface area contributed by atoms with Crippen LogP contribution in [0.25, 0.3) is 10.8 Å². The second kappa shape index (κ2) is 8.67. The molecule has 0 aliphatic carbocycles. The van der Waals surface area contributed by atoms with Crippen molar-refractivity contribution in [2.45, 2.75) is 6.18 Å². The molecule has 0 saturated heterocycles. The number of benzene rings is 3. The summed E-state index contributed by atoms with van der Waals surface area (Å²) in [7, 11) is 1.28. The van der Waals surface area contributed by atoms with Gasteiger partial charge in [-0.05, 0) is 29.0 Å². The number of nitrogens with zero attached hydrogens (tertiary/aromatic N) is 1. The predicted molar refractivity (Wildman–Crippen MR) is 119 cm³/mol. The first kappa shape index (κ1) is 22.5. The van der Waals surface area contributed by atoms with Gasteiger partial charge in [-0.15, -0.1) is 0 Å². The minimum absolute atomic E-state index is 0.0533. The Labute approximate surface area is 190 Å². The fourth-order valence-corrected chi connectivity index (χ4v) is 3.71. The highest BCUT2D eigenvalue weighted by Gasteiger charge is 2.34. The first-order chi connectivity index (χ1) is 15.7. The molecule has 5 nitrogen and oxygen atoms in total. The Morgan fingerprint density at radius 2 is 1.88 bits per heavy atom. The van der Waals surface area contributed by atoms with E-state index in [9.17, 15) is 22.4 Å². The quantitative estimate of drug-likeness (QED) is 0.441. The molecule has 1 aliphatic rings. The lowest BCUT2D eigenvalue weighted by Crippen LogP contribution is -2.35. The molecule has 33 heavy (non-hydrogen) atoms. The van der Waals surface area contributed by atoms with Gasteiger partial charge in [-0.25, -0.2) is 4.39 Å². The number of ether oxygens (including phenoxy) is 1. The van der Waals surface area contributed by atoms with Crippen LogP contribution in [0.5, 0.6) is 5.75 Å². The molecule has 0 unspecified atom stereocenters. The summed E-state index contributed by atoms with van der Waals surface area (Å²) in [4.78, 5) is 13.2. The fourth-order valence-electron chi connectivity index (χ4n) is 3.45. The zero-order valence-electron chi connectivity index (χ0n) is 17.0. The molecular weight excluding hydrogens is 462 g/mol. The number of alkyl halides is 3. The third-order valence-electron chi connectivity index (χ3n) is 4.97. The predicted octanol–water partition coefficient (Wildman–Crippen LogP) is 6.18. The van der Waals surface area contributed by atoms with Gasteiger partial charge in [0.25, 0.3) is 5.91 Å². The average molecular weight is 478 g/mol. The number of rotatable bonds is 4. The summed E-state index contributed by atoms with van der Waals surface area (Å²) in [6.45, 7) is 0. The van der Waals surface area contributed by atoms with Crippen LogP contribution in [0, 0.1) is 5.82 Å². The van der Waals surface area contributed by atoms with Crippen LogP contribution in [0.4, 0.5) is 28.9 Å². The normalized spacial score (nSPS) is 13.5. The number of anilines is 2. The molecule has 0 spiro atoms. The van der Waals surface area contributed by atoms with E-state index >= 15 is 0 Å². The molecular formula is C23H16ClF4N3O2. The van der Waals surface area contributed by atoms with Crippen molar-refractivity contribution >= 4 is 39.7 Å². The van der Waals surface area contributed by atoms with E-state index in [0.29, 0.717) is 17.1 Å². The molecule has 0 bridgehead atoms. The summed E-state index contributed by atoms with van der Waals surface area (Å²) in [5, 5.41) is 4.96. The molecule has 0 saturated carbocycles. The molecule has 1 heterocycles. The summed E-state index contributed by atoms with van der Waals surface area (Å²) in [6.07, 6.45) is -2.15. The van der Waals surface area contributed by atoms with Crippen LogP contribution < -0.4 is 20.5 Å². The van der Waals surface area contributed by atoms with Gasteiger partial charge in [-0.3, -0.25) is 9.80 Å². The molecule has 2 N–H and O–H groups in total. The highest BCUT2D eigenvalue weighted by atomic mass is 35.5. The Bertz CT molecular complexity index is 1300. The van der Waals surface area contributed by atoms with Gasteiger partial charge in [-0.1, -0.05) is 48.0 Å². The van der Waals surface area contributed by atoms with Gasteiger partial charge in [0.2, 0.25) is 0 Å². The summed E-state index contributed by atoms with van der Waals surface area (Å²) >= 11 is 6.12. The van der Waals surface area contributed by atoms with Gasteiger partial charge in [0.05, 0.1) is 17.7 Å². The van der Waals surface area contributed by atoms with Gasteiger partial charge in [0.1, 0.15) is 11.4 Å². The van der Waals surface area contributed by atoms with E-state index in [4.69, 9.17) is 16.3 Å². The number of methoxy groups -OCH3 is 1. The lowest BCUT2D eigenvalue weighted by molar-refractivity contribution is -0.0887. The van der Waals surface area contributed by atoms with Crippen LogP contribution in [0.1, 0.15) is 10.4 Å². The molecule has 170 valence electrons. The first-order valence-corrected chi connectivity index (χ1v) is 9.94. The average Bonchev–Trinajstić information content (AvgIpc) is 2.78. The topological polar surface area (TPSA) is 53.6 Å². The number of hydrogen-bond acceptors (Lipinski definition) is 4. The van der Waals surface area contributed by atoms with Crippen molar-refractivity contribution in [2.24, 2.45) is 0 Å². The molecule has 1 aliphatic heterocycles. The third-order valence-corrected chi connectivity index (χ3v) is 5.25. The van der Waals surface area contributed by atoms with E-state index in [1.54, 1.807) is 24.3 Å². The number of hydrazine groups is 1. The Morgan fingerprint density at radius 1 is 1.15 bits per heavy atom. The van der Waals surface area contributed by atoms with E-state index in [2.05, 4.69) is 10.7 Å². The summed E-state index contributed by atoms with van der Waals surface area (Å²) in [5.41, 5.74) is 1.28. The van der Waals surface area contributed by atoms with Gasteiger partial charge < -0.3 is 15.5 Å². The maximum atomic E-state index is 15.0. The van der Waals surface area contributed by atoms with Crippen molar-refractivity contribution < 1.29 is 27.1 Å². The van der Waals surface area contributed by atoms with Gasteiger partial charge >= 0.3 is 6.18 Å². The summed E-state index contributed by atoms with van der Waals surface area (Å²) in [6, 6.07) is 13.3. The summed E-state index contributed by atoms with van der Waals surface area (Å²) < 4.78 is 59.1. The molecule has 3 aromatic rings. The number of fused-ring (bicyclic) bond motifs is 1. The number of carbonyl (C=O) groups excluding carboxylic acids is 1. The molecule has 0 aromatic heterocycles. The second-order valence-electron chi connectivity index (χ2n) is 6.99. The van der Waals surface area contributed by atoms with Crippen molar-refractivity contribution in [2.75, 3.05) is 17.4 Å². The lowest BCUT2D eigenvalue weighted by Gasteiger charge is -2.28. The van der Waals surface area contributed by atoms with Crippen LogP contribution in [0.2, 0.25) is 5.02 Å².